The Bertz CT molecular complexity index is 646. The van der Waals surface area contributed by atoms with E-state index in [0.717, 1.165) is 32.2 Å². The molecule has 0 spiro atoms. The molecule has 1 aromatic rings. The molecule has 1 aromatic carbocycles. The van der Waals surface area contributed by atoms with Gasteiger partial charge in [0.2, 0.25) is 0 Å². The monoisotopic (exact) mass is 316 g/mol. The average Bonchev–Trinajstić information content (AvgIpc) is 2.68. The number of hydrogen-bond acceptors (Lipinski definition) is 3. The molecule has 1 nitrogen and oxygen atoms in total. The third-order valence-electron chi connectivity index (χ3n) is 3.43. The number of allylic oxidation sites excluding steroid dienone is 4. The second kappa shape index (κ2) is 6.20. The standard InChI is InChI=1S/C18H20OS2/c1-5-7-12(6-2)15-16(19-18(3,4)17(15)21)13-8-10-14(20)11-9-13/h5-11,20H,1-4H3/b7-5-,12-6+. The summed E-state index contributed by atoms with van der Waals surface area (Å²) in [5.41, 5.74) is 2.68. The summed E-state index contributed by atoms with van der Waals surface area (Å²) in [6.45, 7) is 8.05. The van der Waals surface area contributed by atoms with Gasteiger partial charge in [0, 0.05) is 16.0 Å². The molecule has 0 amide bonds. The maximum Gasteiger partial charge on any atom is 0.139 e. The molecule has 3 heteroatoms. The van der Waals surface area contributed by atoms with Crippen molar-refractivity contribution in [3.8, 4) is 0 Å². The molecule has 21 heavy (non-hydrogen) atoms. The van der Waals surface area contributed by atoms with Crippen LogP contribution in [0, 0.1) is 0 Å². The topological polar surface area (TPSA) is 9.23 Å². The summed E-state index contributed by atoms with van der Waals surface area (Å²) < 4.78 is 6.17. The highest BCUT2D eigenvalue weighted by molar-refractivity contribution is 7.81. The Morgan fingerprint density at radius 3 is 2.33 bits per heavy atom. The van der Waals surface area contributed by atoms with Crippen molar-refractivity contribution in [3.63, 3.8) is 0 Å². The van der Waals surface area contributed by atoms with Crippen LogP contribution in [-0.2, 0) is 4.74 Å². The van der Waals surface area contributed by atoms with E-state index in [0.29, 0.717) is 0 Å². The molecule has 110 valence electrons. The van der Waals surface area contributed by atoms with Gasteiger partial charge in [0.05, 0.1) is 4.86 Å². The Labute approximate surface area is 137 Å². The molecule has 0 radical (unpaired) electrons. The van der Waals surface area contributed by atoms with Crippen LogP contribution < -0.4 is 0 Å². The minimum absolute atomic E-state index is 0.463. The molecule has 0 saturated carbocycles. The van der Waals surface area contributed by atoms with Crippen LogP contribution in [0.15, 0.2) is 58.5 Å². The summed E-state index contributed by atoms with van der Waals surface area (Å²) >= 11 is 10.00. The molecule has 0 aromatic heterocycles. The number of benzene rings is 1. The van der Waals surface area contributed by atoms with Crippen LogP contribution in [0.4, 0.5) is 0 Å². The van der Waals surface area contributed by atoms with Crippen LogP contribution >= 0.6 is 24.8 Å². The van der Waals surface area contributed by atoms with Gasteiger partial charge in [-0.25, -0.2) is 0 Å². The zero-order chi connectivity index (χ0) is 15.6. The lowest BCUT2D eigenvalue weighted by Crippen LogP contribution is -2.28. The lowest BCUT2D eigenvalue weighted by atomic mass is 9.93. The van der Waals surface area contributed by atoms with Crippen molar-refractivity contribution in [2.75, 3.05) is 0 Å². The van der Waals surface area contributed by atoms with Gasteiger partial charge in [-0.2, -0.15) is 0 Å². The lowest BCUT2D eigenvalue weighted by Gasteiger charge is -2.20. The van der Waals surface area contributed by atoms with Crippen molar-refractivity contribution in [2.45, 2.75) is 38.2 Å². The minimum Gasteiger partial charge on any atom is -0.481 e. The fourth-order valence-electron chi connectivity index (χ4n) is 2.34. The Morgan fingerprint density at radius 2 is 1.81 bits per heavy atom. The van der Waals surface area contributed by atoms with Crippen molar-refractivity contribution in [2.24, 2.45) is 0 Å². The highest BCUT2D eigenvalue weighted by Crippen LogP contribution is 2.40. The first-order valence-corrected chi connectivity index (χ1v) is 7.83. The molecule has 2 rings (SSSR count). The van der Waals surface area contributed by atoms with Gasteiger partial charge < -0.3 is 4.74 Å². The van der Waals surface area contributed by atoms with Crippen LogP contribution in [0.1, 0.15) is 33.3 Å². The predicted molar refractivity (Wildman–Crippen MR) is 96.9 cm³/mol. The number of rotatable bonds is 3. The molecule has 0 saturated heterocycles. The first-order chi connectivity index (χ1) is 9.90. The summed E-state index contributed by atoms with van der Waals surface area (Å²) in [5.74, 6) is 0.851. The summed E-state index contributed by atoms with van der Waals surface area (Å²) in [5, 5.41) is 0. The molecule has 1 heterocycles. The van der Waals surface area contributed by atoms with E-state index < -0.39 is 5.60 Å². The Kier molecular flexibility index (Phi) is 4.74. The summed E-state index contributed by atoms with van der Waals surface area (Å²) in [6, 6.07) is 7.97. The molecule has 0 atom stereocenters. The van der Waals surface area contributed by atoms with E-state index in [1.54, 1.807) is 0 Å². The number of ether oxygens (including phenoxy) is 1. The molecule has 1 aliphatic rings. The average molecular weight is 316 g/mol. The van der Waals surface area contributed by atoms with Crippen LogP contribution in [0.25, 0.3) is 5.76 Å². The number of thiol groups is 1. The smallest absolute Gasteiger partial charge is 0.139 e. The fraction of sp³-hybridized carbons (Fsp3) is 0.278. The van der Waals surface area contributed by atoms with Crippen molar-refractivity contribution in [1.29, 1.82) is 0 Å². The normalized spacial score (nSPS) is 18.5. The number of hydrogen-bond donors (Lipinski definition) is 1. The van der Waals surface area contributed by atoms with Crippen molar-refractivity contribution < 1.29 is 4.74 Å². The van der Waals surface area contributed by atoms with Crippen molar-refractivity contribution >= 4 is 35.5 Å². The van der Waals surface area contributed by atoms with Crippen molar-refractivity contribution in [1.82, 2.24) is 0 Å². The van der Waals surface area contributed by atoms with E-state index in [-0.39, 0.29) is 0 Å². The molecule has 0 aliphatic carbocycles. The van der Waals surface area contributed by atoms with Gasteiger partial charge in [-0.05, 0) is 45.4 Å². The van der Waals surface area contributed by atoms with Gasteiger partial charge in [0.1, 0.15) is 11.4 Å². The quantitative estimate of drug-likeness (QED) is 0.455. The number of thiocarbonyl (C=S) groups is 1. The molecule has 0 N–H and O–H groups in total. The molecule has 1 aliphatic heterocycles. The van der Waals surface area contributed by atoms with Gasteiger partial charge in [-0.1, -0.05) is 42.6 Å². The van der Waals surface area contributed by atoms with Gasteiger partial charge in [0.15, 0.2) is 0 Å². The van der Waals surface area contributed by atoms with Crippen LogP contribution in [-0.4, -0.2) is 10.5 Å². The van der Waals surface area contributed by atoms with Crippen LogP contribution in [0.2, 0.25) is 0 Å². The van der Waals surface area contributed by atoms with E-state index in [2.05, 4.69) is 24.8 Å². The second-order valence-electron chi connectivity index (χ2n) is 5.44. The minimum atomic E-state index is -0.463. The predicted octanol–water partition coefficient (Wildman–Crippen LogP) is 5.39. The molecule has 0 bridgehead atoms. The largest absolute Gasteiger partial charge is 0.481 e. The van der Waals surface area contributed by atoms with Crippen LogP contribution in [0.3, 0.4) is 0 Å². The SMILES string of the molecule is C/C=C\C(=C/C)C1=C(c2ccc(S)cc2)OC(C)(C)C1=S. The third-order valence-corrected chi connectivity index (χ3v) is 4.43. The van der Waals surface area contributed by atoms with E-state index in [1.165, 1.54) is 0 Å². The maximum absolute atomic E-state index is 6.17. The fourth-order valence-corrected chi connectivity index (χ4v) is 2.74. The zero-order valence-electron chi connectivity index (χ0n) is 12.8. The summed E-state index contributed by atoms with van der Waals surface area (Å²) in [7, 11) is 0. The van der Waals surface area contributed by atoms with Gasteiger partial charge >= 0.3 is 0 Å². The first-order valence-electron chi connectivity index (χ1n) is 6.97. The Morgan fingerprint density at radius 1 is 1.19 bits per heavy atom. The summed E-state index contributed by atoms with van der Waals surface area (Å²) in [4.78, 5) is 1.78. The molecule has 0 fully saturated rings. The third kappa shape index (κ3) is 3.14. The van der Waals surface area contributed by atoms with E-state index >= 15 is 0 Å². The Hall–Kier alpha value is -1.32. The van der Waals surface area contributed by atoms with Gasteiger partial charge in [0.25, 0.3) is 0 Å². The van der Waals surface area contributed by atoms with Gasteiger partial charge in [-0.3, -0.25) is 0 Å². The molecule has 0 unspecified atom stereocenters. The van der Waals surface area contributed by atoms with E-state index in [9.17, 15) is 0 Å². The maximum atomic E-state index is 6.17. The highest BCUT2D eigenvalue weighted by Gasteiger charge is 2.39. The summed E-state index contributed by atoms with van der Waals surface area (Å²) in [6.07, 6.45) is 6.16. The molecular weight excluding hydrogens is 296 g/mol. The van der Waals surface area contributed by atoms with E-state index in [4.69, 9.17) is 17.0 Å². The van der Waals surface area contributed by atoms with Crippen molar-refractivity contribution in [3.05, 3.63) is 59.2 Å². The lowest BCUT2D eigenvalue weighted by molar-refractivity contribution is 0.160. The first kappa shape index (κ1) is 16.1. The second-order valence-corrected chi connectivity index (χ2v) is 6.36. The van der Waals surface area contributed by atoms with E-state index in [1.807, 2.05) is 58.0 Å². The Balaban J connectivity index is 2.63. The zero-order valence-corrected chi connectivity index (χ0v) is 14.5. The van der Waals surface area contributed by atoms with Crippen LogP contribution in [0.5, 0.6) is 0 Å². The van der Waals surface area contributed by atoms with Gasteiger partial charge in [-0.15, -0.1) is 12.6 Å². The molecular formula is C18H20OS2. The highest BCUT2D eigenvalue weighted by atomic mass is 32.1.